The van der Waals surface area contributed by atoms with Crippen molar-refractivity contribution in [2.45, 2.75) is 11.3 Å². The van der Waals surface area contributed by atoms with Crippen LogP contribution in [0.15, 0.2) is 255 Å². The third-order valence-corrected chi connectivity index (χ3v) is 14.9. The molecule has 1 heteroatoms. The zero-order chi connectivity index (χ0) is 44.1. The minimum atomic E-state index is -0.538. The van der Waals surface area contributed by atoms with Gasteiger partial charge < -0.3 is 4.57 Å². The third kappa shape index (κ3) is 5.49. The molecular formula is C66H43N. The molecule has 1 heterocycles. The lowest BCUT2D eigenvalue weighted by Crippen LogP contribution is -2.30. The van der Waals surface area contributed by atoms with Gasteiger partial charge in [0.15, 0.2) is 0 Å². The molecule has 1 atom stereocenters. The lowest BCUT2D eigenvalue weighted by Gasteiger charge is -2.36. The minimum Gasteiger partial charge on any atom is -0.309 e. The molecule has 1 aromatic heterocycles. The SMILES string of the molecule is c1ccc(-c2cccc(C3c4ccc(-c5ccc6c(c5)c5ccccc5n6-c5cccc6ccccc56)cc4-c4ccc5c(c43)C(c3ccccc3)(c3ccccc3)c3ccccc3-5)c2)cc1. The summed E-state index contributed by atoms with van der Waals surface area (Å²) >= 11 is 0. The Morgan fingerprint density at radius 2 is 0.940 bits per heavy atom. The molecule has 0 N–H and O–H groups in total. The Balaban J connectivity index is 1.02. The maximum atomic E-state index is 2.49. The zero-order valence-corrected chi connectivity index (χ0v) is 36.8. The number of fused-ring (bicyclic) bond motifs is 11. The molecule has 312 valence electrons. The zero-order valence-electron chi connectivity index (χ0n) is 36.8. The van der Waals surface area contributed by atoms with Crippen molar-refractivity contribution < 1.29 is 0 Å². The molecule has 0 radical (unpaired) electrons. The lowest BCUT2D eigenvalue weighted by molar-refractivity contribution is 0.752. The van der Waals surface area contributed by atoms with Crippen LogP contribution in [0.2, 0.25) is 0 Å². The molecule has 2 aliphatic rings. The first-order valence-electron chi connectivity index (χ1n) is 23.5. The van der Waals surface area contributed by atoms with Crippen molar-refractivity contribution in [2.75, 3.05) is 0 Å². The summed E-state index contributed by atoms with van der Waals surface area (Å²) in [5.74, 6) is -0.0000694. The van der Waals surface area contributed by atoms with E-state index in [1.165, 1.54) is 122 Å². The summed E-state index contributed by atoms with van der Waals surface area (Å²) in [6.45, 7) is 0. The molecule has 1 unspecified atom stereocenters. The standard InChI is InChI=1S/C66H43N/c1-4-18-43(19-5-1)45-22-16-23-48(40-45)63-54-36-34-46(47-35-39-62-58(42-47)53-30-13-15-32-61(53)67(62)60-33-17-21-44-20-10-11-28-51(44)60)41-57(54)55-37-38-56-52-29-12-14-31-59(52)66(65(56)64(55)63,49-24-6-2-7-25-49)50-26-8-3-9-27-50/h1-42,63H. The predicted molar refractivity (Wildman–Crippen MR) is 279 cm³/mol. The summed E-state index contributed by atoms with van der Waals surface area (Å²) in [5, 5.41) is 5.00. The van der Waals surface area contributed by atoms with Crippen LogP contribution in [0.4, 0.5) is 0 Å². The first-order valence-corrected chi connectivity index (χ1v) is 23.5. The molecule has 67 heavy (non-hydrogen) atoms. The van der Waals surface area contributed by atoms with Gasteiger partial charge in [0.2, 0.25) is 0 Å². The fourth-order valence-electron chi connectivity index (χ4n) is 12.2. The quantitative estimate of drug-likeness (QED) is 0.157. The number of aromatic nitrogens is 1. The second-order valence-corrected chi connectivity index (χ2v) is 18.3. The molecule has 2 aliphatic carbocycles. The minimum absolute atomic E-state index is 0.0000694. The molecular weight excluding hydrogens is 807 g/mol. The third-order valence-electron chi connectivity index (χ3n) is 14.9. The lowest BCUT2D eigenvalue weighted by atomic mass is 9.65. The van der Waals surface area contributed by atoms with E-state index in [1.54, 1.807) is 0 Å². The normalized spacial score (nSPS) is 14.2. The molecule has 0 spiro atoms. The van der Waals surface area contributed by atoms with Gasteiger partial charge in [-0.1, -0.05) is 224 Å². The van der Waals surface area contributed by atoms with Crippen LogP contribution in [-0.2, 0) is 5.41 Å². The van der Waals surface area contributed by atoms with E-state index >= 15 is 0 Å². The van der Waals surface area contributed by atoms with Crippen molar-refractivity contribution >= 4 is 32.6 Å². The second kappa shape index (κ2) is 14.8. The number of para-hydroxylation sites is 1. The van der Waals surface area contributed by atoms with E-state index in [0.717, 1.165) is 0 Å². The number of rotatable bonds is 6. The Kier molecular flexibility index (Phi) is 8.33. The summed E-state index contributed by atoms with van der Waals surface area (Å²) in [7, 11) is 0. The summed E-state index contributed by atoms with van der Waals surface area (Å²) in [6.07, 6.45) is 0. The smallest absolute Gasteiger partial charge is 0.0716 e. The topological polar surface area (TPSA) is 4.93 Å². The van der Waals surface area contributed by atoms with Gasteiger partial charge in [-0.15, -0.1) is 0 Å². The van der Waals surface area contributed by atoms with Crippen LogP contribution in [0.3, 0.4) is 0 Å². The van der Waals surface area contributed by atoms with Gasteiger partial charge in [-0.3, -0.25) is 0 Å². The summed E-state index contributed by atoms with van der Waals surface area (Å²) in [6, 6.07) is 95.3. The molecule has 12 aromatic rings. The Morgan fingerprint density at radius 3 is 1.76 bits per heavy atom. The highest BCUT2D eigenvalue weighted by Crippen LogP contribution is 2.63. The highest BCUT2D eigenvalue weighted by atomic mass is 15.0. The predicted octanol–water partition coefficient (Wildman–Crippen LogP) is 16.8. The van der Waals surface area contributed by atoms with E-state index in [1.807, 2.05) is 0 Å². The maximum Gasteiger partial charge on any atom is 0.0716 e. The van der Waals surface area contributed by atoms with Gasteiger partial charge >= 0.3 is 0 Å². The van der Waals surface area contributed by atoms with Gasteiger partial charge in [0.1, 0.15) is 0 Å². The van der Waals surface area contributed by atoms with Gasteiger partial charge in [0.05, 0.1) is 22.1 Å². The average molecular weight is 850 g/mol. The Labute approximate surface area is 390 Å². The van der Waals surface area contributed by atoms with Crippen LogP contribution in [0.5, 0.6) is 0 Å². The van der Waals surface area contributed by atoms with Crippen molar-refractivity contribution in [3.63, 3.8) is 0 Å². The van der Waals surface area contributed by atoms with E-state index in [0.29, 0.717) is 0 Å². The monoisotopic (exact) mass is 849 g/mol. The summed E-state index contributed by atoms with van der Waals surface area (Å²) in [4.78, 5) is 0. The van der Waals surface area contributed by atoms with Crippen molar-refractivity contribution in [1.82, 2.24) is 4.57 Å². The van der Waals surface area contributed by atoms with Crippen LogP contribution in [0.25, 0.3) is 82.8 Å². The van der Waals surface area contributed by atoms with Gasteiger partial charge in [-0.05, 0) is 119 Å². The van der Waals surface area contributed by atoms with E-state index in [4.69, 9.17) is 0 Å². The van der Waals surface area contributed by atoms with Crippen molar-refractivity contribution in [2.24, 2.45) is 0 Å². The summed E-state index contributed by atoms with van der Waals surface area (Å²) < 4.78 is 2.45. The highest BCUT2D eigenvalue weighted by Gasteiger charge is 2.50. The highest BCUT2D eigenvalue weighted by molar-refractivity contribution is 6.12. The molecule has 1 nitrogen and oxygen atoms in total. The summed E-state index contributed by atoms with van der Waals surface area (Å²) in [5.41, 5.74) is 22.5. The van der Waals surface area contributed by atoms with Crippen LogP contribution < -0.4 is 0 Å². The van der Waals surface area contributed by atoms with Crippen LogP contribution in [-0.4, -0.2) is 4.57 Å². The van der Waals surface area contributed by atoms with E-state index in [2.05, 4.69) is 259 Å². The first-order chi connectivity index (χ1) is 33.3. The van der Waals surface area contributed by atoms with Crippen LogP contribution in [0, 0.1) is 0 Å². The molecule has 14 rings (SSSR count). The van der Waals surface area contributed by atoms with E-state index in [9.17, 15) is 0 Å². The molecule has 0 saturated heterocycles. The Morgan fingerprint density at radius 1 is 0.343 bits per heavy atom. The number of benzene rings is 11. The van der Waals surface area contributed by atoms with Gasteiger partial charge in [0, 0.05) is 22.1 Å². The van der Waals surface area contributed by atoms with Crippen molar-refractivity contribution in [3.8, 4) is 50.2 Å². The van der Waals surface area contributed by atoms with Crippen LogP contribution >= 0.6 is 0 Å². The molecule has 11 aromatic carbocycles. The fourth-order valence-corrected chi connectivity index (χ4v) is 12.2. The second-order valence-electron chi connectivity index (χ2n) is 18.3. The van der Waals surface area contributed by atoms with Gasteiger partial charge in [-0.2, -0.15) is 0 Å². The van der Waals surface area contributed by atoms with Crippen molar-refractivity contribution in [1.29, 1.82) is 0 Å². The molecule has 0 aliphatic heterocycles. The Hall–Kier alpha value is -8.52. The Bertz CT molecular complexity index is 3870. The molecule has 0 bridgehead atoms. The molecule has 0 saturated carbocycles. The number of hydrogen-bond acceptors (Lipinski definition) is 0. The molecule has 0 amide bonds. The van der Waals surface area contributed by atoms with Crippen LogP contribution in [0.1, 0.15) is 44.9 Å². The average Bonchev–Trinajstić information content (AvgIpc) is 4.03. The fraction of sp³-hybridized carbons (Fsp3) is 0.0303. The first kappa shape index (κ1) is 37.8. The number of hydrogen-bond donors (Lipinski definition) is 0. The number of nitrogens with zero attached hydrogens (tertiary/aromatic N) is 1. The van der Waals surface area contributed by atoms with E-state index in [-0.39, 0.29) is 5.92 Å². The largest absolute Gasteiger partial charge is 0.309 e. The maximum absolute atomic E-state index is 2.49. The van der Waals surface area contributed by atoms with E-state index < -0.39 is 5.41 Å². The van der Waals surface area contributed by atoms with Gasteiger partial charge in [0.25, 0.3) is 0 Å². The van der Waals surface area contributed by atoms with Crippen molar-refractivity contribution in [3.05, 3.63) is 294 Å². The molecule has 0 fully saturated rings. The van der Waals surface area contributed by atoms with Gasteiger partial charge in [-0.25, -0.2) is 0 Å².